The first-order chi connectivity index (χ1) is 4.33. The van der Waals surface area contributed by atoms with Crippen LogP contribution in [0.5, 0.6) is 0 Å². The van der Waals surface area contributed by atoms with Crippen molar-refractivity contribution in [2.75, 3.05) is 0 Å². The molecule has 2 nitrogen and oxygen atoms in total. The van der Waals surface area contributed by atoms with Crippen molar-refractivity contribution in [3.63, 3.8) is 0 Å². The maximum absolute atomic E-state index is 4.13. The predicted molar refractivity (Wildman–Crippen MR) is 44.5 cm³/mol. The van der Waals surface area contributed by atoms with Gasteiger partial charge in [-0.2, -0.15) is 0 Å². The maximum Gasteiger partial charge on any atom is 0.0684 e. The standard InChI is InChI=1S/C6H7IN2/c1-5-3-9-6(2-7)4-8-5/h3-4H,2H2,1H3. The lowest BCUT2D eigenvalue weighted by Gasteiger charge is -1.91. The van der Waals surface area contributed by atoms with Crippen molar-refractivity contribution in [3.8, 4) is 0 Å². The fourth-order valence-electron chi connectivity index (χ4n) is 0.488. The van der Waals surface area contributed by atoms with E-state index in [1.165, 1.54) is 0 Å². The van der Waals surface area contributed by atoms with Crippen molar-refractivity contribution in [2.24, 2.45) is 0 Å². The lowest BCUT2D eigenvalue weighted by molar-refractivity contribution is 1.06. The normalized spacial score (nSPS) is 9.56. The fourth-order valence-corrected chi connectivity index (χ4v) is 0.882. The van der Waals surface area contributed by atoms with Crippen molar-refractivity contribution < 1.29 is 0 Å². The zero-order valence-corrected chi connectivity index (χ0v) is 7.29. The summed E-state index contributed by atoms with van der Waals surface area (Å²) in [4.78, 5) is 8.21. The Labute approximate surface area is 67.9 Å². The molecule has 0 spiro atoms. The molecule has 0 fully saturated rings. The highest BCUT2D eigenvalue weighted by atomic mass is 127. The molecule has 0 aliphatic carbocycles. The SMILES string of the molecule is Cc1cnc(CI)cn1. The van der Waals surface area contributed by atoms with Crippen LogP contribution in [0.3, 0.4) is 0 Å². The van der Waals surface area contributed by atoms with E-state index < -0.39 is 0 Å². The van der Waals surface area contributed by atoms with Crippen molar-refractivity contribution in [1.82, 2.24) is 9.97 Å². The van der Waals surface area contributed by atoms with Crippen molar-refractivity contribution in [3.05, 3.63) is 23.8 Å². The molecular weight excluding hydrogens is 227 g/mol. The predicted octanol–water partition coefficient (Wildman–Crippen LogP) is 1.72. The molecule has 3 heteroatoms. The van der Waals surface area contributed by atoms with Crippen LogP contribution in [0, 0.1) is 6.92 Å². The zero-order chi connectivity index (χ0) is 6.69. The molecule has 1 heterocycles. The highest BCUT2D eigenvalue weighted by Gasteiger charge is 1.88. The van der Waals surface area contributed by atoms with Crippen molar-refractivity contribution in [2.45, 2.75) is 11.4 Å². The molecular formula is C6H7IN2. The summed E-state index contributed by atoms with van der Waals surface area (Å²) in [5.74, 6) is 0. The smallest absolute Gasteiger partial charge is 0.0684 e. The van der Waals surface area contributed by atoms with Gasteiger partial charge in [0.15, 0.2) is 0 Å². The van der Waals surface area contributed by atoms with Gasteiger partial charge in [0.1, 0.15) is 0 Å². The molecule has 0 atom stereocenters. The summed E-state index contributed by atoms with van der Waals surface area (Å²) in [6.45, 7) is 1.93. The average Bonchev–Trinajstić information content (AvgIpc) is 1.90. The van der Waals surface area contributed by atoms with E-state index in [2.05, 4.69) is 32.6 Å². The monoisotopic (exact) mass is 234 g/mol. The number of aromatic nitrogens is 2. The topological polar surface area (TPSA) is 25.8 Å². The Morgan fingerprint density at radius 2 is 2.22 bits per heavy atom. The Morgan fingerprint density at radius 1 is 1.44 bits per heavy atom. The van der Waals surface area contributed by atoms with Gasteiger partial charge in [-0.15, -0.1) is 0 Å². The third kappa shape index (κ3) is 1.89. The van der Waals surface area contributed by atoms with Gasteiger partial charge in [0.25, 0.3) is 0 Å². The van der Waals surface area contributed by atoms with Gasteiger partial charge < -0.3 is 0 Å². The Morgan fingerprint density at radius 3 is 2.67 bits per heavy atom. The van der Waals surface area contributed by atoms with Crippen molar-refractivity contribution >= 4 is 22.6 Å². The van der Waals surface area contributed by atoms with Crippen LogP contribution < -0.4 is 0 Å². The molecule has 0 aliphatic rings. The van der Waals surface area contributed by atoms with E-state index in [4.69, 9.17) is 0 Å². The fraction of sp³-hybridized carbons (Fsp3) is 0.333. The highest BCUT2D eigenvalue weighted by Crippen LogP contribution is 1.99. The molecule has 0 N–H and O–H groups in total. The second-order valence-corrected chi connectivity index (χ2v) is 2.55. The first-order valence-electron chi connectivity index (χ1n) is 2.66. The van der Waals surface area contributed by atoms with Gasteiger partial charge in [0, 0.05) is 16.8 Å². The first kappa shape index (κ1) is 6.92. The van der Waals surface area contributed by atoms with Crippen LogP contribution in [0.15, 0.2) is 12.4 Å². The van der Waals surface area contributed by atoms with Gasteiger partial charge in [-0.1, -0.05) is 22.6 Å². The van der Waals surface area contributed by atoms with Crippen LogP contribution in [0.25, 0.3) is 0 Å². The maximum atomic E-state index is 4.13. The largest absolute Gasteiger partial charge is 0.258 e. The molecule has 0 amide bonds. The summed E-state index contributed by atoms with van der Waals surface area (Å²) in [6, 6.07) is 0. The first-order valence-corrected chi connectivity index (χ1v) is 4.19. The Bertz CT molecular complexity index is 183. The van der Waals surface area contributed by atoms with E-state index in [0.29, 0.717) is 0 Å². The summed E-state index contributed by atoms with van der Waals surface area (Å²) in [6.07, 6.45) is 3.59. The van der Waals surface area contributed by atoms with Crippen LogP contribution in [0.4, 0.5) is 0 Å². The molecule has 0 aromatic carbocycles. The van der Waals surface area contributed by atoms with E-state index in [1.807, 2.05) is 13.1 Å². The highest BCUT2D eigenvalue weighted by molar-refractivity contribution is 14.1. The second-order valence-electron chi connectivity index (χ2n) is 1.78. The minimum absolute atomic E-state index is 0.936. The number of hydrogen-bond donors (Lipinski definition) is 0. The Hall–Kier alpha value is -0.190. The van der Waals surface area contributed by atoms with E-state index >= 15 is 0 Å². The number of halogens is 1. The summed E-state index contributed by atoms with van der Waals surface area (Å²) >= 11 is 2.26. The number of rotatable bonds is 1. The van der Waals surface area contributed by atoms with Crippen LogP contribution in [-0.2, 0) is 4.43 Å². The summed E-state index contributed by atoms with van der Waals surface area (Å²) in [5, 5.41) is 0. The number of nitrogens with zero attached hydrogens (tertiary/aromatic N) is 2. The Kier molecular flexibility index (Phi) is 2.38. The van der Waals surface area contributed by atoms with Gasteiger partial charge in [-0.25, -0.2) is 0 Å². The van der Waals surface area contributed by atoms with Gasteiger partial charge >= 0.3 is 0 Å². The van der Waals surface area contributed by atoms with Crippen LogP contribution in [0.2, 0.25) is 0 Å². The van der Waals surface area contributed by atoms with Crippen LogP contribution in [0.1, 0.15) is 11.4 Å². The average molecular weight is 234 g/mol. The third-order valence-electron chi connectivity index (χ3n) is 0.971. The molecule has 0 saturated heterocycles. The number of aryl methyl sites for hydroxylation is 1. The number of hydrogen-bond acceptors (Lipinski definition) is 2. The van der Waals surface area contributed by atoms with Crippen LogP contribution in [-0.4, -0.2) is 9.97 Å². The zero-order valence-electron chi connectivity index (χ0n) is 5.13. The molecule has 1 aromatic heterocycles. The van der Waals surface area contributed by atoms with Crippen molar-refractivity contribution in [1.29, 1.82) is 0 Å². The molecule has 0 radical (unpaired) electrons. The molecule has 1 rings (SSSR count). The van der Waals surface area contributed by atoms with E-state index in [0.717, 1.165) is 15.8 Å². The van der Waals surface area contributed by atoms with Gasteiger partial charge in [-0.05, 0) is 6.92 Å². The molecule has 0 saturated carbocycles. The molecule has 48 valence electrons. The van der Waals surface area contributed by atoms with Gasteiger partial charge in [0.2, 0.25) is 0 Å². The molecule has 1 aromatic rings. The minimum atomic E-state index is 0.936. The third-order valence-corrected chi connectivity index (χ3v) is 1.75. The minimum Gasteiger partial charge on any atom is -0.258 e. The van der Waals surface area contributed by atoms with E-state index in [1.54, 1.807) is 6.20 Å². The second kappa shape index (κ2) is 3.10. The Balaban J connectivity index is 2.88. The van der Waals surface area contributed by atoms with Gasteiger partial charge in [-0.3, -0.25) is 9.97 Å². The van der Waals surface area contributed by atoms with Crippen LogP contribution >= 0.6 is 22.6 Å². The quantitative estimate of drug-likeness (QED) is 0.546. The molecule has 0 bridgehead atoms. The summed E-state index contributed by atoms with van der Waals surface area (Å²) in [5.41, 5.74) is 2.02. The van der Waals surface area contributed by atoms with E-state index in [-0.39, 0.29) is 0 Å². The molecule has 0 unspecified atom stereocenters. The van der Waals surface area contributed by atoms with Gasteiger partial charge in [0.05, 0.1) is 11.4 Å². The van der Waals surface area contributed by atoms with E-state index in [9.17, 15) is 0 Å². The summed E-state index contributed by atoms with van der Waals surface area (Å²) < 4.78 is 0.936. The lowest BCUT2D eigenvalue weighted by Crippen LogP contribution is -1.87. The number of alkyl halides is 1. The molecule has 0 aliphatic heterocycles. The molecule has 9 heavy (non-hydrogen) atoms. The lowest BCUT2D eigenvalue weighted by atomic mass is 10.4. The summed E-state index contributed by atoms with van der Waals surface area (Å²) in [7, 11) is 0.